The Morgan fingerprint density at radius 1 is 1.04 bits per heavy atom. The van der Waals surface area contributed by atoms with Gasteiger partial charge in [0, 0.05) is 29.7 Å². The summed E-state index contributed by atoms with van der Waals surface area (Å²) >= 11 is 0. The lowest BCUT2D eigenvalue weighted by Gasteiger charge is -2.13. The van der Waals surface area contributed by atoms with Crippen molar-refractivity contribution in [2.24, 2.45) is 0 Å². The van der Waals surface area contributed by atoms with E-state index in [1.807, 2.05) is 77.9 Å². The molecule has 0 aliphatic heterocycles. The first-order valence-electron chi connectivity index (χ1n) is 8.16. The highest BCUT2D eigenvalue weighted by atomic mass is 15.3. The van der Waals surface area contributed by atoms with Crippen LogP contribution in [0.3, 0.4) is 0 Å². The van der Waals surface area contributed by atoms with Gasteiger partial charge in [0.2, 0.25) is 5.69 Å². The van der Waals surface area contributed by atoms with Crippen molar-refractivity contribution in [3.8, 4) is 5.69 Å². The summed E-state index contributed by atoms with van der Waals surface area (Å²) in [6, 6.07) is 14.0. The van der Waals surface area contributed by atoms with Crippen LogP contribution in [0.15, 0.2) is 85.4 Å². The van der Waals surface area contributed by atoms with E-state index >= 15 is 0 Å². The third kappa shape index (κ3) is 3.43. The molecule has 2 aromatic heterocycles. The van der Waals surface area contributed by atoms with Gasteiger partial charge < -0.3 is 10.4 Å². The lowest BCUT2D eigenvalue weighted by molar-refractivity contribution is -0.661. The molecule has 25 heavy (non-hydrogen) atoms. The minimum atomic E-state index is 0.602. The summed E-state index contributed by atoms with van der Waals surface area (Å²) in [7, 11) is 0. The highest BCUT2D eigenvalue weighted by Gasteiger charge is 2.01. The summed E-state index contributed by atoms with van der Waals surface area (Å²) in [4.78, 5) is 4.12. The minimum Gasteiger partial charge on any atom is -0.686 e. The summed E-state index contributed by atoms with van der Waals surface area (Å²) in [5.74, 6) is 0. The maximum absolute atomic E-state index is 4.76. The van der Waals surface area contributed by atoms with Crippen LogP contribution < -0.4 is 20.3 Å². The van der Waals surface area contributed by atoms with Gasteiger partial charge in [-0.1, -0.05) is 53.9 Å². The highest BCUT2D eigenvalue weighted by Crippen LogP contribution is 2.05. The number of allylic oxidation sites excluding steroid dienone is 4. The molecule has 0 fully saturated rings. The molecule has 4 nitrogen and oxygen atoms in total. The van der Waals surface area contributed by atoms with E-state index in [-0.39, 0.29) is 0 Å². The van der Waals surface area contributed by atoms with E-state index in [1.165, 1.54) is 0 Å². The van der Waals surface area contributed by atoms with Crippen LogP contribution in [0.1, 0.15) is 5.56 Å². The number of rotatable bonds is 4. The predicted molar refractivity (Wildman–Crippen MR) is 98.0 cm³/mol. The summed E-state index contributed by atoms with van der Waals surface area (Å²) in [6.07, 6.45) is 15.7. The van der Waals surface area contributed by atoms with Gasteiger partial charge in [0.25, 0.3) is 0 Å². The van der Waals surface area contributed by atoms with E-state index in [9.17, 15) is 0 Å². The zero-order chi connectivity index (χ0) is 16.9. The van der Waals surface area contributed by atoms with Gasteiger partial charge in [0.1, 0.15) is 0 Å². The third-order valence-electron chi connectivity index (χ3n) is 3.93. The van der Waals surface area contributed by atoms with Gasteiger partial charge in [-0.25, -0.2) is 4.68 Å². The number of hydrogen-bond donors (Lipinski definition) is 0. The zero-order valence-corrected chi connectivity index (χ0v) is 13.7. The first-order valence-corrected chi connectivity index (χ1v) is 8.16. The zero-order valence-electron chi connectivity index (χ0n) is 13.7. The quantitative estimate of drug-likeness (QED) is 0.688. The summed E-state index contributed by atoms with van der Waals surface area (Å²) < 4.78 is 1.90. The Balaban J connectivity index is 1.72. The average Bonchev–Trinajstić information content (AvgIpc) is 3.33. The second kappa shape index (κ2) is 7.01. The Hall–Kier alpha value is -3.40. The molecule has 0 unspecified atom stereocenters. The Bertz CT molecular complexity index is 1010. The number of pyridine rings is 1. The second-order valence-corrected chi connectivity index (χ2v) is 5.72. The van der Waals surface area contributed by atoms with Crippen molar-refractivity contribution in [1.29, 1.82) is 0 Å². The molecule has 2 heterocycles. The molecule has 0 bridgehead atoms. The molecule has 0 spiro atoms. The maximum Gasteiger partial charge on any atom is 0.200 e. The van der Waals surface area contributed by atoms with Crippen molar-refractivity contribution >= 4 is 11.8 Å². The van der Waals surface area contributed by atoms with Crippen molar-refractivity contribution in [1.82, 2.24) is 10.1 Å². The van der Waals surface area contributed by atoms with Crippen molar-refractivity contribution in [3.63, 3.8) is 0 Å². The number of para-hydroxylation sites is 1. The molecular formula is C21H17N4-. The molecule has 4 heteroatoms. The summed E-state index contributed by atoms with van der Waals surface area (Å²) in [5, 5.41) is 11.3. The Labute approximate surface area is 146 Å². The molecule has 1 aliphatic carbocycles. The van der Waals surface area contributed by atoms with Gasteiger partial charge in [-0.15, -0.1) is 6.54 Å². The van der Waals surface area contributed by atoms with Gasteiger partial charge in [-0.05, 0) is 17.2 Å². The van der Waals surface area contributed by atoms with Crippen LogP contribution in [0.5, 0.6) is 0 Å². The first-order chi connectivity index (χ1) is 12.4. The van der Waals surface area contributed by atoms with E-state index in [2.05, 4.69) is 22.5 Å². The van der Waals surface area contributed by atoms with Crippen molar-refractivity contribution in [2.45, 2.75) is 6.54 Å². The van der Waals surface area contributed by atoms with Crippen molar-refractivity contribution < 1.29 is 4.68 Å². The first kappa shape index (κ1) is 15.1. The molecule has 0 atom stereocenters. The Morgan fingerprint density at radius 3 is 2.64 bits per heavy atom. The fraction of sp³-hybridized carbons (Fsp3) is 0.0476. The maximum atomic E-state index is 4.76. The molecule has 0 saturated carbocycles. The van der Waals surface area contributed by atoms with Crippen LogP contribution in [-0.4, -0.2) is 4.98 Å². The highest BCUT2D eigenvalue weighted by molar-refractivity contribution is 5.70. The standard InChI is InChI=1S/C21H17N4/c1-2-10-20(11-3-1)25-16-19(21(24-25)18-8-4-5-9-18)15-23-14-17-7-6-12-22-13-17/h1-13,15-16H,14H2/q-1/b19-15+. The predicted octanol–water partition coefficient (Wildman–Crippen LogP) is 1.90. The molecule has 1 aromatic carbocycles. The minimum absolute atomic E-state index is 0.602. The monoisotopic (exact) mass is 325 g/mol. The number of benzene rings is 1. The SMILES string of the molecule is C1=CC(=c2[n-][n+](-c3ccccc3)c/c2=C\[N-]Cc2cccnc2)C=C1. The topological polar surface area (TPSA) is 45.0 Å². The second-order valence-electron chi connectivity index (χ2n) is 5.72. The van der Waals surface area contributed by atoms with Crippen molar-refractivity contribution in [3.05, 3.63) is 107 Å². The smallest absolute Gasteiger partial charge is 0.200 e. The molecule has 0 N–H and O–H groups in total. The van der Waals surface area contributed by atoms with Crippen LogP contribution >= 0.6 is 0 Å². The number of hydrogen-bond acceptors (Lipinski definition) is 1. The lowest BCUT2D eigenvalue weighted by Crippen LogP contribution is -2.37. The number of aromatic nitrogens is 3. The van der Waals surface area contributed by atoms with E-state index < -0.39 is 0 Å². The molecule has 1 aliphatic rings. The third-order valence-corrected chi connectivity index (χ3v) is 3.93. The molecule has 0 saturated heterocycles. The van der Waals surface area contributed by atoms with Gasteiger partial charge in [-0.2, -0.15) is 6.20 Å². The fourth-order valence-electron chi connectivity index (χ4n) is 2.69. The summed E-state index contributed by atoms with van der Waals surface area (Å²) in [5.41, 5.74) is 3.21. The molecular weight excluding hydrogens is 308 g/mol. The molecule has 4 rings (SSSR count). The lowest BCUT2D eigenvalue weighted by atomic mass is 10.2. The fourth-order valence-corrected chi connectivity index (χ4v) is 2.69. The van der Waals surface area contributed by atoms with Gasteiger partial charge >= 0.3 is 0 Å². The van der Waals surface area contributed by atoms with Crippen LogP contribution in [0.25, 0.3) is 22.8 Å². The molecule has 0 radical (unpaired) electrons. The largest absolute Gasteiger partial charge is 0.686 e. The van der Waals surface area contributed by atoms with Crippen LogP contribution in [-0.2, 0) is 6.54 Å². The van der Waals surface area contributed by atoms with E-state index in [0.717, 1.165) is 27.4 Å². The van der Waals surface area contributed by atoms with Crippen LogP contribution in [0, 0.1) is 0 Å². The number of nitrogens with zero attached hydrogens (tertiary/aromatic N) is 4. The van der Waals surface area contributed by atoms with Crippen LogP contribution in [0.4, 0.5) is 0 Å². The van der Waals surface area contributed by atoms with Crippen LogP contribution in [0.2, 0.25) is 0 Å². The normalized spacial score (nSPS) is 13.6. The Morgan fingerprint density at radius 2 is 1.88 bits per heavy atom. The molecule has 122 valence electrons. The van der Waals surface area contributed by atoms with Gasteiger partial charge in [0.15, 0.2) is 6.20 Å². The van der Waals surface area contributed by atoms with E-state index in [4.69, 9.17) is 5.10 Å². The Kier molecular flexibility index (Phi) is 4.25. The summed E-state index contributed by atoms with van der Waals surface area (Å²) in [6.45, 7) is 0.602. The molecule has 3 aromatic rings. The average molecular weight is 325 g/mol. The molecule has 0 amide bonds. The van der Waals surface area contributed by atoms with E-state index in [1.54, 1.807) is 6.20 Å². The van der Waals surface area contributed by atoms with Gasteiger partial charge in [-0.3, -0.25) is 4.98 Å². The van der Waals surface area contributed by atoms with Crippen molar-refractivity contribution in [2.75, 3.05) is 0 Å². The van der Waals surface area contributed by atoms with Gasteiger partial charge in [0.05, 0.1) is 0 Å². The van der Waals surface area contributed by atoms with E-state index in [0.29, 0.717) is 6.54 Å².